The second-order valence-electron chi connectivity index (χ2n) is 2.59. The van der Waals surface area contributed by atoms with Gasteiger partial charge in [0.25, 0.3) is 0 Å². The van der Waals surface area contributed by atoms with Crippen molar-refractivity contribution in [3.63, 3.8) is 0 Å². The number of aromatic nitrogens is 1. The summed E-state index contributed by atoms with van der Waals surface area (Å²) in [6.45, 7) is 1.47. The van der Waals surface area contributed by atoms with Gasteiger partial charge in [0.2, 0.25) is 0 Å². The smallest absolute Gasteiger partial charge is 0.395 e. The van der Waals surface area contributed by atoms with Gasteiger partial charge in [0, 0.05) is 11.1 Å². The van der Waals surface area contributed by atoms with Gasteiger partial charge < -0.3 is 11.5 Å². The second-order valence-corrected chi connectivity index (χ2v) is 3.70. The molecule has 3 nitrogen and oxygen atoms in total. The van der Waals surface area contributed by atoms with E-state index in [1.54, 1.807) is 0 Å². The molecule has 0 aliphatic rings. The van der Waals surface area contributed by atoms with Crippen LogP contribution in [0.2, 0.25) is 0 Å². The Bertz CT molecular complexity index is 351. The Morgan fingerprint density at radius 1 is 1.36 bits per heavy atom. The molecular formula is C7H8F3N3S. The minimum absolute atomic E-state index is 0.0239. The van der Waals surface area contributed by atoms with Crippen molar-refractivity contribution in [1.29, 1.82) is 0 Å². The molecule has 78 valence electrons. The first-order chi connectivity index (χ1) is 6.31. The van der Waals surface area contributed by atoms with Crippen molar-refractivity contribution in [2.45, 2.75) is 17.3 Å². The quantitative estimate of drug-likeness (QED) is 0.716. The molecule has 0 radical (unpaired) electrons. The van der Waals surface area contributed by atoms with Crippen LogP contribution in [-0.4, -0.2) is 10.5 Å². The van der Waals surface area contributed by atoms with Crippen LogP contribution in [0.25, 0.3) is 0 Å². The maximum atomic E-state index is 12.0. The molecule has 0 aromatic carbocycles. The standard InChI is InChI=1S/C7H8F3N3S/c1-3-4(14-7(8,9)10)2-13-6(12)5(3)11/h2H,11H2,1H3,(H2,12,13). The number of halogens is 3. The summed E-state index contributed by atoms with van der Waals surface area (Å²) in [6, 6.07) is 0. The van der Waals surface area contributed by atoms with Gasteiger partial charge in [-0.25, -0.2) is 4.98 Å². The number of hydrogen-bond donors (Lipinski definition) is 2. The summed E-state index contributed by atoms with van der Waals surface area (Å²) in [4.78, 5) is 3.53. The van der Waals surface area contributed by atoms with Crippen LogP contribution in [0.4, 0.5) is 24.7 Å². The first kappa shape index (κ1) is 11.0. The third kappa shape index (κ3) is 2.44. The summed E-state index contributed by atoms with van der Waals surface area (Å²) < 4.78 is 36.1. The summed E-state index contributed by atoms with van der Waals surface area (Å²) in [5, 5.41) is 0. The van der Waals surface area contributed by atoms with E-state index in [2.05, 4.69) is 4.98 Å². The van der Waals surface area contributed by atoms with Crippen LogP contribution in [0.5, 0.6) is 0 Å². The predicted octanol–water partition coefficient (Wildman–Crippen LogP) is 2.17. The number of anilines is 2. The lowest BCUT2D eigenvalue weighted by molar-refractivity contribution is -0.0328. The molecular weight excluding hydrogens is 215 g/mol. The fraction of sp³-hybridized carbons (Fsp3) is 0.286. The first-order valence-corrected chi connectivity index (χ1v) is 4.39. The largest absolute Gasteiger partial charge is 0.446 e. The minimum Gasteiger partial charge on any atom is -0.395 e. The number of alkyl halides is 3. The molecule has 1 heterocycles. The Balaban J connectivity index is 3.06. The average Bonchev–Trinajstić information content (AvgIpc) is 2.04. The van der Waals surface area contributed by atoms with Gasteiger partial charge in [0.15, 0.2) is 0 Å². The van der Waals surface area contributed by atoms with Crippen LogP contribution in [0.3, 0.4) is 0 Å². The first-order valence-electron chi connectivity index (χ1n) is 3.57. The monoisotopic (exact) mass is 223 g/mol. The maximum Gasteiger partial charge on any atom is 0.446 e. The van der Waals surface area contributed by atoms with Gasteiger partial charge in [0.05, 0.1) is 5.69 Å². The highest BCUT2D eigenvalue weighted by atomic mass is 32.2. The van der Waals surface area contributed by atoms with Crippen LogP contribution in [-0.2, 0) is 0 Å². The van der Waals surface area contributed by atoms with E-state index in [1.807, 2.05) is 0 Å². The zero-order chi connectivity index (χ0) is 10.9. The molecule has 0 amide bonds. The number of pyridine rings is 1. The summed E-state index contributed by atoms with van der Waals surface area (Å²) in [5.41, 5.74) is 6.82. The molecule has 7 heteroatoms. The number of thioether (sulfide) groups is 1. The van der Waals surface area contributed by atoms with E-state index >= 15 is 0 Å². The predicted molar refractivity (Wildman–Crippen MR) is 49.7 cm³/mol. The van der Waals surface area contributed by atoms with Gasteiger partial charge in [-0.15, -0.1) is 0 Å². The van der Waals surface area contributed by atoms with Crippen LogP contribution in [0, 0.1) is 6.92 Å². The molecule has 1 rings (SSSR count). The van der Waals surface area contributed by atoms with E-state index < -0.39 is 5.51 Å². The average molecular weight is 223 g/mol. The Labute approximate surface area is 82.7 Å². The second kappa shape index (κ2) is 3.56. The van der Waals surface area contributed by atoms with E-state index in [0.717, 1.165) is 6.20 Å². The highest BCUT2D eigenvalue weighted by Gasteiger charge is 2.30. The van der Waals surface area contributed by atoms with Crippen molar-refractivity contribution in [1.82, 2.24) is 4.98 Å². The van der Waals surface area contributed by atoms with E-state index in [0.29, 0.717) is 5.56 Å². The highest BCUT2D eigenvalue weighted by molar-refractivity contribution is 8.00. The molecule has 4 N–H and O–H groups in total. The molecule has 1 aromatic rings. The summed E-state index contributed by atoms with van der Waals surface area (Å²) in [5.74, 6) is 0.0500. The van der Waals surface area contributed by atoms with E-state index in [-0.39, 0.29) is 28.2 Å². The molecule has 1 aromatic heterocycles. The lowest BCUT2D eigenvalue weighted by atomic mass is 10.2. The minimum atomic E-state index is -4.34. The molecule has 0 aliphatic carbocycles. The summed E-state index contributed by atoms with van der Waals surface area (Å²) in [6.07, 6.45) is 1.07. The molecule has 0 atom stereocenters. The van der Waals surface area contributed by atoms with E-state index in [1.165, 1.54) is 6.92 Å². The fourth-order valence-electron chi connectivity index (χ4n) is 0.847. The molecule has 14 heavy (non-hydrogen) atoms. The number of hydrogen-bond acceptors (Lipinski definition) is 4. The zero-order valence-corrected chi connectivity index (χ0v) is 8.04. The van der Waals surface area contributed by atoms with Crippen molar-refractivity contribution in [3.8, 4) is 0 Å². The summed E-state index contributed by atoms with van der Waals surface area (Å²) >= 11 is -0.248. The van der Waals surface area contributed by atoms with Crippen LogP contribution >= 0.6 is 11.8 Å². The zero-order valence-electron chi connectivity index (χ0n) is 7.22. The lowest BCUT2D eigenvalue weighted by Crippen LogP contribution is -2.05. The van der Waals surface area contributed by atoms with Crippen molar-refractivity contribution in [2.75, 3.05) is 11.5 Å². The normalized spacial score (nSPS) is 11.7. The highest BCUT2D eigenvalue weighted by Crippen LogP contribution is 2.39. The summed E-state index contributed by atoms with van der Waals surface area (Å²) in [7, 11) is 0. The van der Waals surface area contributed by atoms with Gasteiger partial charge in [-0.05, 0) is 24.2 Å². The molecule has 0 spiro atoms. The van der Waals surface area contributed by atoms with Crippen molar-refractivity contribution < 1.29 is 13.2 Å². The molecule has 0 saturated heterocycles. The maximum absolute atomic E-state index is 12.0. The third-order valence-electron chi connectivity index (χ3n) is 1.60. The van der Waals surface area contributed by atoms with Crippen molar-refractivity contribution in [3.05, 3.63) is 11.8 Å². The van der Waals surface area contributed by atoms with Crippen LogP contribution in [0.1, 0.15) is 5.56 Å². The van der Waals surface area contributed by atoms with Gasteiger partial charge in [-0.2, -0.15) is 13.2 Å². The van der Waals surface area contributed by atoms with E-state index in [9.17, 15) is 13.2 Å². The van der Waals surface area contributed by atoms with E-state index in [4.69, 9.17) is 11.5 Å². The number of nitrogen functional groups attached to an aromatic ring is 2. The Hall–Kier alpha value is -1.11. The van der Waals surface area contributed by atoms with Crippen LogP contribution in [0.15, 0.2) is 11.1 Å². The van der Waals surface area contributed by atoms with Crippen molar-refractivity contribution in [2.24, 2.45) is 0 Å². The number of nitrogens with two attached hydrogens (primary N) is 2. The number of nitrogens with zero attached hydrogens (tertiary/aromatic N) is 1. The molecule has 0 unspecified atom stereocenters. The molecule has 0 saturated carbocycles. The third-order valence-corrected chi connectivity index (χ3v) is 2.46. The van der Waals surface area contributed by atoms with Gasteiger partial charge in [-0.1, -0.05) is 0 Å². The fourth-order valence-corrected chi connectivity index (χ4v) is 1.46. The lowest BCUT2D eigenvalue weighted by Gasteiger charge is -2.10. The SMILES string of the molecule is Cc1c(SC(F)(F)F)cnc(N)c1N. The van der Waals surface area contributed by atoms with Crippen LogP contribution < -0.4 is 11.5 Å². The Morgan fingerprint density at radius 3 is 2.43 bits per heavy atom. The number of rotatable bonds is 1. The molecule has 0 fully saturated rings. The Kier molecular flexibility index (Phi) is 2.79. The van der Waals surface area contributed by atoms with Crippen molar-refractivity contribution >= 4 is 23.3 Å². The molecule has 0 aliphatic heterocycles. The van der Waals surface area contributed by atoms with Gasteiger partial charge >= 0.3 is 5.51 Å². The topological polar surface area (TPSA) is 64.9 Å². The molecule has 0 bridgehead atoms. The Morgan fingerprint density at radius 2 is 1.93 bits per heavy atom. The van der Waals surface area contributed by atoms with Gasteiger partial charge in [0.1, 0.15) is 5.82 Å². The van der Waals surface area contributed by atoms with Gasteiger partial charge in [-0.3, -0.25) is 0 Å².